The van der Waals surface area contributed by atoms with E-state index in [1.54, 1.807) is 0 Å². The summed E-state index contributed by atoms with van der Waals surface area (Å²) in [6.07, 6.45) is 1.95. The average molecular weight is 317 g/mol. The topological polar surface area (TPSA) is 42.7 Å². The number of fused-ring (bicyclic) bond motifs is 1. The molecule has 19 heavy (non-hydrogen) atoms. The minimum Gasteiger partial charge on any atom is -0.314 e. The van der Waals surface area contributed by atoms with Gasteiger partial charge in [0.2, 0.25) is 0 Å². The Labute approximate surface area is 119 Å². The van der Waals surface area contributed by atoms with Crippen LogP contribution in [-0.2, 0) is 6.54 Å². The smallest absolute Gasteiger partial charge is 0.0969 e. The third-order valence-electron chi connectivity index (χ3n) is 2.99. The zero-order valence-corrected chi connectivity index (χ0v) is 12.1. The van der Waals surface area contributed by atoms with Crippen LogP contribution < -0.4 is 5.32 Å². The number of nitrogens with zero attached hydrogens (tertiary/aromatic N) is 3. The van der Waals surface area contributed by atoms with Crippen LogP contribution in [-0.4, -0.2) is 22.0 Å². The molecule has 0 saturated carbocycles. The Hall–Kier alpha value is -1.72. The highest BCUT2D eigenvalue weighted by molar-refractivity contribution is 9.10. The molecule has 0 unspecified atom stereocenters. The molecule has 2 aromatic carbocycles. The quantitative estimate of drug-likeness (QED) is 0.808. The van der Waals surface area contributed by atoms with E-state index < -0.39 is 0 Å². The Balaban J connectivity index is 2.16. The van der Waals surface area contributed by atoms with Crippen molar-refractivity contribution in [3.63, 3.8) is 0 Å². The summed E-state index contributed by atoms with van der Waals surface area (Å²) in [6, 6.07) is 12.3. The highest BCUT2D eigenvalue weighted by Gasteiger charge is 2.08. The van der Waals surface area contributed by atoms with Gasteiger partial charge in [0.05, 0.1) is 17.6 Å². The Bertz CT molecular complexity index is 720. The van der Waals surface area contributed by atoms with Crippen LogP contribution in [0.25, 0.3) is 16.5 Å². The molecule has 0 aliphatic rings. The van der Waals surface area contributed by atoms with Gasteiger partial charge in [0, 0.05) is 16.4 Å². The number of aromatic nitrogens is 3. The van der Waals surface area contributed by atoms with Gasteiger partial charge in [0.15, 0.2) is 0 Å². The van der Waals surface area contributed by atoms with Gasteiger partial charge in [-0.15, -0.1) is 5.10 Å². The van der Waals surface area contributed by atoms with Crippen LogP contribution in [0.1, 0.15) is 5.69 Å². The van der Waals surface area contributed by atoms with E-state index in [1.165, 1.54) is 5.39 Å². The molecule has 5 heteroatoms. The van der Waals surface area contributed by atoms with E-state index in [9.17, 15) is 0 Å². The second-order valence-corrected chi connectivity index (χ2v) is 5.15. The number of rotatable bonds is 3. The van der Waals surface area contributed by atoms with Gasteiger partial charge in [-0.05, 0) is 24.6 Å². The molecule has 1 heterocycles. The Morgan fingerprint density at radius 2 is 1.95 bits per heavy atom. The lowest BCUT2D eigenvalue weighted by atomic mass is 10.1. The molecule has 3 aromatic rings. The van der Waals surface area contributed by atoms with E-state index in [4.69, 9.17) is 0 Å². The van der Waals surface area contributed by atoms with E-state index in [2.05, 4.69) is 43.7 Å². The summed E-state index contributed by atoms with van der Waals surface area (Å²) in [4.78, 5) is 0. The lowest BCUT2D eigenvalue weighted by molar-refractivity contribution is 0.768. The highest BCUT2D eigenvalue weighted by atomic mass is 79.9. The van der Waals surface area contributed by atoms with Crippen molar-refractivity contribution >= 4 is 26.7 Å². The van der Waals surface area contributed by atoms with Crippen LogP contribution in [0, 0.1) is 0 Å². The first-order valence-corrected chi connectivity index (χ1v) is 6.82. The first kappa shape index (κ1) is 12.3. The Morgan fingerprint density at radius 1 is 1.16 bits per heavy atom. The van der Waals surface area contributed by atoms with Gasteiger partial charge in [-0.25, -0.2) is 4.68 Å². The zero-order valence-electron chi connectivity index (χ0n) is 10.5. The largest absolute Gasteiger partial charge is 0.314 e. The van der Waals surface area contributed by atoms with E-state index in [0.29, 0.717) is 6.54 Å². The van der Waals surface area contributed by atoms with Crippen LogP contribution >= 0.6 is 15.9 Å². The van der Waals surface area contributed by atoms with Crippen molar-refractivity contribution in [3.8, 4) is 5.69 Å². The van der Waals surface area contributed by atoms with E-state index in [1.807, 2.05) is 42.2 Å². The molecule has 0 aliphatic carbocycles. The molecule has 0 fully saturated rings. The van der Waals surface area contributed by atoms with E-state index in [-0.39, 0.29) is 0 Å². The maximum atomic E-state index is 4.20. The maximum Gasteiger partial charge on any atom is 0.0969 e. The molecule has 1 aromatic heterocycles. The standard InChI is InChI=1S/C14H13BrN4/c1-16-8-10-9-19(18-17-10)14-7-6-13(15)11-4-2-3-5-12(11)14/h2-7,9,16H,8H2,1H3. The van der Waals surface area contributed by atoms with Crippen molar-refractivity contribution in [1.29, 1.82) is 0 Å². The predicted molar refractivity (Wildman–Crippen MR) is 79.3 cm³/mol. The summed E-state index contributed by atoms with van der Waals surface area (Å²) >= 11 is 3.58. The van der Waals surface area contributed by atoms with Crippen molar-refractivity contribution in [2.75, 3.05) is 7.05 Å². The summed E-state index contributed by atoms with van der Waals surface area (Å²) in [5.41, 5.74) is 1.96. The maximum absolute atomic E-state index is 4.20. The van der Waals surface area contributed by atoms with Crippen molar-refractivity contribution in [2.24, 2.45) is 0 Å². The predicted octanol–water partition coefficient (Wildman–Crippen LogP) is 2.90. The summed E-state index contributed by atoms with van der Waals surface area (Å²) in [5.74, 6) is 0. The molecule has 0 spiro atoms. The molecule has 3 rings (SSSR count). The van der Waals surface area contributed by atoms with Crippen LogP contribution in [0.3, 0.4) is 0 Å². The van der Waals surface area contributed by atoms with Gasteiger partial charge in [-0.2, -0.15) is 0 Å². The SMILES string of the molecule is CNCc1cn(-c2ccc(Br)c3ccccc23)nn1. The molecule has 0 radical (unpaired) electrons. The number of hydrogen-bond acceptors (Lipinski definition) is 3. The molecule has 0 amide bonds. The lowest BCUT2D eigenvalue weighted by Crippen LogP contribution is -2.05. The molecule has 0 atom stereocenters. The third-order valence-corrected chi connectivity index (χ3v) is 3.68. The fourth-order valence-corrected chi connectivity index (χ4v) is 2.60. The molecule has 0 bridgehead atoms. The lowest BCUT2D eigenvalue weighted by Gasteiger charge is -2.07. The molecule has 4 nitrogen and oxygen atoms in total. The molecular weight excluding hydrogens is 304 g/mol. The van der Waals surface area contributed by atoms with Gasteiger partial charge >= 0.3 is 0 Å². The van der Waals surface area contributed by atoms with Gasteiger partial charge in [-0.1, -0.05) is 45.4 Å². The fourth-order valence-electron chi connectivity index (χ4n) is 2.12. The summed E-state index contributed by atoms with van der Waals surface area (Å²) in [5, 5.41) is 13.7. The van der Waals surface area contributed by atoms with Crippen molar-refractivity contribution < 1.29 is 0 Å². The normalized spacial score (nSPS) is 11.1. The molecule has 96 valence electrons. The number of benzene rings is 2. The first-order chi connectivity index (χ1) is 9.29. The van der Waals surface area contributed by atoms with Crippen molar-refractivity contribution in [3.05, 3.63) is 52.8 Å². The van der Waals surface area contributed by atoms with E-state index in [0.717, 1.165) is 21.2 Å². The fraction of sp³-hybridized carbons (Fsp3) is 0.143. The first-order valence-electron chi connectivity index (χ1n) is 6.03. The van der Waals surface area contributed by atoms with Gasteiger partial charge in [0.1, 0.15) is 0 Å². The highest BCUT2D eigenvalue weighted by Crippen LogP contribution is 2.28. The van der Waals surface area contributed by atoms with Crippen LogP contribution in [0.4, 0.5) is 0 Å². The Kier molecular flexibility index (Phi) is 3.31. The second kappa shape index (κ2) is 5.11. The van der Waals surface area contributed by atoms with E-state index >= 15 is 0 Å². The number of nitrogens with one attached hydrogen (secondary N) is 1. The average Bonchev–Trinajstić information content (AvgIpc) is 2.88. The Morgan fingerprint density at radius 3 is 2.74 bits per heavy atom. The van der Waals surface area contributed by atoms with Crippen LogP contribution in [0.2, 0.25) is 0 Å². The minimum atomic E-state index is 0.717. The number of halogens is 1. The second-order valence-electron chi connectivity index (χ2n) is 4.30. The molecule has 0 aliphatic heterocycles. The summed E-state index contributed by atoms with van der Waals surface area (Å²) in [7, 11) is 1.90. The third kappa shape index (κ3) is 2.27. The zero-order chi connectivity index (χ0) is 13.2. The van der Waals surface area contributed by atoms with Gasteiger partial charge in [0.25, 0.3) is 0 Å². The molecular formula is C14H13BrN4. The molecule has 0 saturated heterocycles. The van der Waals surface area contributed by atoms with Crippen molar-refractivity contribution in [2.45, 2.75) is 6.54 Å². The molecule has 1 N–H and O–H groups in total. The summed E-state index contributed by atoms with van der Waals surface area (Å²) < 4.78 is 2.91. The summed E-state index contributed by atoms with van der Waals surface area (Å²) in [6.45, 7) is 0.717. The van der Waals surface area contributed by atoms with Crippen LogP contribution in [0.5, 0.6) is 0 Å². The van der Waals surface area contributed by atoms with Crippen molar-refractivity contribution in [1.82, 2.24) is 20.3 Å². The monoisotopic (exact) mass is 316 g/mol. The number of hydrogen-bond donors (Lipinski definition) is 1. The van der Waals surface area contributed by atoms with Gasteiger partial charge < -0.3 is 5.32 Å². The minimum absolute atomic E-state index is 0.717. The van der Waals surface area contributed by atoms with Crippen LogP contribution in [0.15, 0.2) is 47.1 Å². The van der Waals surface area contributed by atoms with Gasteiger partial charge in [-0.3, -0.25) is 0 Å².